The lowest BCUT2D eigenvalue weighted by molar-refractivity contribution is -0.122. The molecule has 0 aromatic carbocycles. The van der Waals surface area contributed by atoms with Crippen LogP contribution < -0.4 is 11.1 Å². The van der Waals surface area contributed by atoms with Gasteiger partial charge in [-0.1, -0.05) is 32.6 Å². The van der Waals surface area contributed by atoms with Crippen LogP contribution in [0.1, 0.15) is 64.7 Å². The van der Waals surface area contributed by atoms with Crippen molar-refractivity contribution in [3.05, 3.63) is 0 Å². The first-order valence-corrected chi connectivity index (χ1v) is 7.76. The van der Waals surface area contributed by atoms with Gasteiger partial charge in [0.25, 0.3) is 0 Å². The van der Waals surface area contributed by atoms with E-state index in [1.54, 1.807) is 0 Å². The number of carbonyl (C=O) groups excluding carboxylic acids is 1. The molecule has 4 N–H and O–H groups in total. The normalized spacial score (nSPS) is 19.9. The molecule has 1 fully saturated rings. The Labute approximate surface area is 117 Å². The lowest BCUT2D eigenvalue weighted by Crippen LogP contribution is -2.46. The molecule has 112 valence electrons. The van der Waals surface area contributed by atoms with Gasteiger partial charge < -0.3 is 16.2 Å². The molecular formula is C15H30N2O2. The highest BCUT2D eigenvalue weighted by atomic mass is 16.3. The van der Waals surface area contributed by atoms with Gasteiger partial charge in [-0.3, -0.25) is 4.79 Å². The van der Waals surface area contributed by atoms with Gasteiger partial charge in [0.2, 0.25) is 5.91 Å². The number of amides is 1. The van der Waals surface area contributed by atoms with E-state index < -0.39 is 0 Å². The molecule has 0 aliphatic heterocycles. The summed E-state index contributed by atoms with van der Waals surface area (Å²) in [6.07, 6.45) is 8.82. The molecule has 4 nitrogen and oxygen atoms in total. The summed E-state index contributed by atoms with van der Waals surface area (Å²) in [5, 5.41) is 12.0. The zero-order chi connectivity index (χ0) is 14.1. The predicted molar refractivity (Wildman–Crippen MR) is 77.7 cm³/mol. The molecule has 0 saturated heterocycles. The average molecular weight is 270 g/mol. The molecule has 1 atom stereocenters. The van der Waals surface area contributed by atoms with Crippen molar-refractivity contribution < 1.29 is 9.90 Å². The van der Waals surface area contributed by atoms with Gasteiger partial charge in [-0.15, -0.1) is 0 Å². The van der Waals surface area contributed by atoms with Crippen LogP contribution in [0, 0.1) is 5.92 Å². The fraction of sp³-hybridized carbons (Fsp3) is 0.933. The summed E-state index contributed by atoms with van der Waals surface area (Å²) < 4.78 is 0. The van der Waals surface area contributed by atoms with Gasteiger partial charge >= 0.3 is 0 Å². The SMILES string of the molecule is CCCC(CCO)CNC(=O)CC1(N)CCCCC1. The van der Waals surface area contributed by atoms with E-state index in [2.05, 4.69) is 12.2 Å². The van der Waals surface area contributed by atoms with Crippen LogP contribution in [0.15, 0.2) is 0 Å². The molecule has 0 heterocycles. The summed E-state index contributed by atoms with van der Waals surface area (Å²) in [6, 6.07) is 0. The van der Waals surface area contributed by atoms with Crippen molar-refractivity contribution in [2.75, 3.05) is 13.2 Å². The quantitative estimate of drug-likeness (QED) is 0.631. The summed E-state index contributed by atoms with van der Waals surface area (Å²) in [5.74, 6) is 0.461. The van der Waals surface area contributed by atoms with Crippen molar-refractivity contribution in [2.24, 2.45) is 11.7 Å². The Morgan fingerprint density at radius 1 is 1.32 bits per heavy atom. The summed E-state index contributed by atoms with van der Waals surface area (Å²) in [7, 11) is 0. The number of aliphatic hydroxyl groups is 1. The van der Waals surface area contributed by atoms with Gasteiger partial charge in [0, 0.05) is 25.1 Å². The third-order valence-corrected chi connectivity index (χ3v) is 4.18. The Hall–Kier alpha value is -0.610. The number of nitrogens with two attached hydrogens (primary N) is 1. The van der Waals surface area contributed by atoms with E-state index in [-0.39, 0.29) is 18.1 Å². The zero-order valence-corrected chi connectivity index (χ0v) is 12.3. The number of aliphatic hydroxyl groups excluding tert-OH is 1. The molecule has 1 rings (SSSR count). The zero-order valence-electron chi connectivity index (χ0n) is 12.3. The second-order valence-electron chi connectivity index (χ2n) is 6.07. The summed E-state index contributed by atoms with van der Waals surface area (Å²) in [4.78, 5) is 12.0. The van der Waals surface area contributed by atoms with Crippen LogP contribution >= 0.6 is 0 Å². The summed E-state index contributed by atoms with van der Waals surface area (Å²) in [5.41, 5.74) is 6.00. The van der Waals surface area contributed by atoms with Crippen molar-refractivity contribution in [1.29, 1.82) is 0 Å². The molecule has 0 spiro atoms. The minimum Gasteiger partial charge on any atom is -0.396 e. The van der Waals surface area contributed by atoms with Crippen LogP contribution in [0.25, 0.3) is 0 Å². The maximum absolute atomic E-state index is 12.0. The molecule has 4 heteroatoms. The topological polar surface area (TPSA) is 75.3 Å². The van der Waals surface area contributed by atoms with Crippen molar-refractivity contribution in [2.45, 2.75) is 70.3 Å². The minimum absolute atomic E-state index is 0.0726. The standard InChI is InChI=1S/C15H30N2O2/c1-2-6-13(7-10-18)12-17-14(19)11-15(16)8-4-3-5-9-15/h13,18H,2-12,16H2,1H3,(H,17,19). The Morgan fingerprint density at radius 2 is 2.00 bits per heavy atom. The van der Waals surface area contributed by atoms with Gasteiger partial charge in [-0.2, -0.15) is 0 Å². The third kappa shape index (κ3) is 6.39. The number of carbonyl (C=O) groups is 1. The smallest absolute Gasteiger partial charge is 0.221 e. The van der Waals surface area contributed by atoms with Crippen LogP contribution in [-0.4, -0.2) is 29.7 Å². The van der Waals surface area contributed by atoms with E-state index >= 15 is 0 Å². The van der Waals surface area contributed by atoms with Gasteiger partial charge in [-0.25, -0.2) is 0 Å². The molecule has 1 unspecified atom stereocenters. The Morgan fingerprint density at radius 3 is 2.58 bits per heavy atom. The van der Waals surface area contributed by atoms with E-state index in [4.69, 9.17) is 10.8 Å². The van der Waals surface area contributed by atoms with Crippen LogP contribution in [0.4, 0.5) is 0 Å². The first-order chi connectivity index (χ1) is 9.09. The first-order valence-electron chi connectivity index (χ1n) is 7.76. The van der Waals surface area contributed by atoms with Gasteiger partial charge in [-0.05, 0) is 31.6 Å². The lowest BCUT2D eigenvalue weighted by atomic mass is 9.80. The second kappa shape index (κ2) is 8.54. The lowest BCUT2D eigenvalue weighted by Gasteiger charge is -2.33. The number of nitrogens with one attached hydrogen (secondary N) is 1. The Balaban J connectivity index is 2.29. The van der Waals surface area contributed by atoms with E-state index in [0.717, 1.165) is 44.9 Å². The predicted octanol–water partition coefficient (Wildman–Crippen LogP) is 1.95. The molecule has 19 heavy (non-hydrogen) atoms. The molecule has 1 aliphatic rings. The Bertz CT molecular complexity index is 257. The van der Waals surface area contributed by atoms with Crippen LogP contribution in [0.3, 0.4) is 0 Å². The van der Waals surface area contributed by atoms with Crippen molar-refractivity contribution in [3.8, 4) is 0 Å². The van der Waals surface area contributed by atoms with Gasteiger partial charge in [0.1, 0.15) is 0 Å². The summed E-state index contributed by atoms with van der Waals surface area (Å²) >= 11 is 0. The van der Waals surface area contributed by atoms with Gasteiger partial charge in [0.05, 0.1) is 0 Å². The van der Waals surface area contributed by atoms with E-state index in [1.165, 1.54) is 6.42 Å². The fourth-order valence-corrected chi connectivity index (χ4v) is 3.01. The monoisotopic (exact) mass is 270 g/mol. The largest absolute Gasteiger partial charge is 0.396 e. The maximum atomic E-state index is 12.0. The number of hydrogen-bond acceptors (Lipinski definition) is 3. The third-order valence-electron chi connectivity index (χ3n) is 4.18. The number of hydrogen-bond donors (Lipinski definition) is 3. The van der Waals surface area contributed by atoms with Gasteiger partial charge in [0.15, 0.2) is 0 Å². The van der Waals surface area contributed by atoms with E-state index in [0.29, 0.717) is 18.9 Å². The average Bonchev–Trinajstić information content (AvgIpc) is 2.37. The van der Waals surface area contributed by atoms with Crippen molar-refractivity contribution >= 4 is 5.91 Å². The van der Waals surface area contributed by atoms with Crippen molar-refractivity contribution in [1.82, 2.24) is 5.32 Å². The second-order valence-corrected chi connectivity index (χ2v) is 6.07. The Kier molecular flexibility index (Phi) is 7.39. The fourth-order valence-electron chi connectivity index (χ4n) is 3.01. The highest BCUT2D eigenvalue weighted by Gasteiger charge is 2.29. The molecule has 0 aromatic rings. The highest BCUT2D eigenvalue weighted by Crippen LogP contribution is 2.28. The van der Waals surface area contributed by atoms with Crippen molar-refractivity contribution in [3.63, 3.8) is 0 Å². The minimum atomic E-state index is -0.278. The first kappa shape index (κ1) is 16.4. The molecule has 1 amide bonds. The van der Waals surface area contributed by atoms with Crippen LogP contribution in [-0.2, 0) is 4.79 Å². The highest BCUT2D eigenvalue weighted by molar-refractivity contribution is 5.77. The van der Waals surface area contributed by atoms with Crippen LogP contribution in [0.5, 0.6) is 0 Å². The number of rotatable bonds is 8. The van der Waals surface area contributed by atoms with E-state index in [1.807, 2.05) is 0 Å². The van der Waals surface area contributed by atoms with Crippen LogP contribution in [0.2, 0.25) is 0 Å². The van der Waals surface area contributed by atoms with E-state index in [9.17, 15) is 4.79 Å². The molecule has 0 radical (unpaired) electrons. The summed E-state index contributed by atoms with van der Waals surface area (Å²) in [6.45, 7) is 2.99. The molecule has 1 aliphatic carbocycles. The molecule has 1 saturated carbocycles. The molecule has 0 bridgehead atoms. The molecular weight excluding hydrogens is 240 g/mol. The molecule has 0 aromatic heterocycles. The maximum Gasteiger partial charge on any atom is 0.221 e.